The minimum absolute atomic E-state index is 0.157. The number of benzene rings is 2. The van der Waals surface area contributed by atoms with Crippen molar-refractivity contribution in [1.29, 1.82) is 0 Å². The van der Waals surface area contributed by atoms with Gasteiger partial charge in [0.25, 0.3) is 0 Å². The van der Waals surface area contributed by atoms with E-state index in [0.29, 0.717) is 4.47 Å². The minimum atomic E-state index is -0.400. The quantitative estimate of drug-likeness (QED) is 0.731. The Hall–Kier alpha value is -1.06. The van der Waals surface area contributed by atoms with Crippen molar-refractivity contribution < 1.29 is 4.39 Å². The molecule has 1 N–H and O–H groups in total. The second kappa shape index (κ2) is 4.56. The zero-order valence-corrected chi connectivity index (χ0v) is 11.7. The standard InChI is InChI=1S/C14H10BrClFN/c15-13-9-6-11(8-4-2-1-3-5-8)18-12(9)7-10(17)14(13)16/h1-5,7,11,18H,6H2. The van der Waals surface area contributed by atoms with E-state index in [4.69, 9.17) is 11.6 Å². The molecular formula is C14H10BrClFN. The molecule has 0 aromatic heterocycles. The average Bonchev–Trinajstić information content (AvgIpc) is 2.81. The van der Waals surface area contributed by atoms with Crippen LogP contribution in [-0.4, -0.2) is 0 Å². The van der Waals surface area contributed by atoms with Gasteiger partial charge in [0.2, 0.25) is 0 Å². The molecule has 1 heterocycles. The maximum atomic E-state index is 13.6. The molecule has 2 aromatic carbocycles. The molecule has 1 aliphatic rings. The van der Waals surface area contributed by atoms with Gasteiger partial charge in [-0.15, -0.1) is 0 Å². The predicted octanol–water partition coefficient (Wildman–Crippen LogP) is 4.95. The van der Waals surface area contributed by atoms with Crippen molar-refractivity contribution in [1.82, 2.24) is 0 Å². The summed E-state index contributed by atoms with van der Waals surface area (Å²) in [5.41, 5.74) is 3.05. The van der Waals surface area contributed by atoms with Crippen LogP contribution < -0.4 is 5.32 Å². The lowest BCUT2D eigenvalue weighted by molar-refractivity contribution is 0.627. The van der Waals surface area contributed by atoms with Crippen molar-refractivity contribution in [3.63, 3.8) is 0 Å². The average molecular weight is 327 g/mol. The fraction of sp³-hybridized carbons (Fsp3) is 0.143. The largest absolute Gasteiger partial charge is 0.378 e. The molecule has 0 bridgehead atoms. The lowest BCUT2D eigenvalue weighted by Gasteiger charge is -2.10. The van der Waals surface area contributed by atoms with Gasteiger partial charge in [0.1, 0.15) is 5.82 Å². The number of nitrogens with one attached hydrogen (secondary N) is 1. The molecule has 92 valence electrons. The molecule has 18 heavy (non-hydrogen) atoms. The van der Waals surface area contributed by atoms with Crippen LogP contribution in [0.5, 0.6) is 0 Å². The van der Waals surface area contributed by atoms with E-state index in [2.05, 4.69) is 33.4 Å². The van der Waals surface area contributed by atoms with E-state index in [1.165, 1.54) is 11.6 Å². The molecule has 1 aliphatic heterocycles. The summed E-state index contributed by atoms with van der Waals surface area (Å²) in [6.45, 7) is 0. The highest BCUT2D eigenvalue weighted by Gasteiger charge is 2.26. The van der Waals surface area contributed by atoms with Gasteiger partial charge in [0, 0.05) is 10.2 Å². The van der Waals surface area contributed by atoms with Crippen LogP contribution in [0.25, 0.3) is 0 Å². The fourth-order valence-corrected chi connectivity index (χ4v) is 3.02. The summed E-state index contributed by atoms with van der Waals surface area (Å²) in [6, 6.07) is 11.8. The molecule has 0 radical (unpaired) electrons. The van der Waals surface area contributed by atoms with Crippen LogP contribution in [0.15, 0.2) is 40.9 Å². The SMILES string of the molecule is Fc1cc2c(c(Br)c1Cl)CC(c1ccccc1)N2. The van der Waals surface area contributed by atoms with Gasteiger partial charge >= 0.3 is 0 Å². The monoisotopic (exact) mass is 325 g/mol. The lowest BCUT2D eigenvalue weighted by Crippen LogP contribution is -2.04. The Morgan fingerprint density at radius 1 is 1.28 bits per heavy atom. The van der Waals surface area contributed by atoms with Crippen molar-refractivity contribution in [2.45, 2.75) is 12.5 Å². The summed E-state index contributed by atoms with van der Waals surface area (Å²) in [7, 11) is 0. The van der Waals surface area contributed by atoms with E-state index in [9.17, 15) is 4.39 Å². The summed E-state index contributed by atoms with van der Waals surface area (Å²) in [5.74, 6) is -0.400. The highest BCUT2D eigenvalue weighted by atomic mass is 79.9. The molecule has 0 fully saturated rings. The van der Waals surface area contributed by atoms with E-state index >= 15 is 0 Å². The van der Waals surface area contributed by atoms with Crippen molar-refractivity contribution >= 4 is 33.2 Å². The molecule has 1 nitrogen and oxygen atoms in total. The maximum absolute atomic E-state index is 13.6. The molecular weight excluding hydrogens is 317 g/mol. The number of anilines is 1. The topological polar surface area (TPSA) is 12.0 Å². The highest BCUT2D eigenvalue weighted by Crippen LogP contribution is 2.42. The third kappa shape index (κ3) is 1.91. The van der Waals surface area contributed by atoms with Crippen molar-refractivity contribution in [2.24, 2.45) is 0 Å². The molecule has 0 spiro atoms. The van der Waals surface area contributed by atoms with Gasteiger partial charge in [-0.05, 0) is 39.5 Å². The Labute approximate surface area is 118 Å². The second-order valence-corrected chi connectivity index (χ2v) is 5.50. The van der Waals surface area contributed by atoms with Crippen LogP contribution in [0.2, 0.25) is 5.02 Å². The Bertz CT molecular complexity index is 600. The Kier molecular flexibility index (Phi) is 3.04. The number of halogens is 3. The van der Waals surface area contributed by atoms with Crippen molar-refractivity contribution in [3.8, 4) is 0 Å². The predicted molar refractivity (Wildman–Crippen MR) is 75.6 cm³/mol. The number of rotatable bonds is 1. The zero-order valence-electron chi connectivity index (χ0n) is 9.38. The first kappa shape index (κ1) is 12.0. The van der Waals surface area contributed by atoms with Gasteiger partial charge in [-0.25, -0.2) is 4.39 Å². The first-order valence-corrected chi connectivity index (χ1v) is 6.82. The molecule has 2 aromatic rings. The molecule has 3 rings (SSSR count). The number of hydrogen-bond acceptors (Lipinski definition) is 1. The Morgan fingerprint density at radius 2 is 2.00 bits per heavy atom. The maximum Gasteiger partial charge on any atom is 0.145 e. The highest BCUT2D eigenvalue weighted by molar-refractivity contribution is 9.10. The van der Waals surface area contributed by atoms with Crippen molar-refractivity contribution in [3.05, 3.63) is 62.8 Å². The van der Waals surface area contributed by atoms with Crippen LogP contribution >= 0.6 is 27.5 Å². The van der Waals surface area contributed by atoms with Gasteiger partial charge in [-0.3, -0.25) is 0 Å². The van der Waals surface area contributed by atoms with E-state index in [1.807, 2.05) is 18.2 Å². The number of fused-ring (bicyclic) bond motifs is 1. The van der Waals surface area contributed by atoms with Crippen LogP contribution in [0.4, 0.5) is 10.1 Å². The first-order chi connectivity index (χ1) is 8.66. The summed E-state index contributed by atoms with van der Waals surface area (Å²) in [6.07, 6.45) is 0.805. The molecule has 1 atom stereocenters. The third-order valence-corrected chi connectivity index (χ3v) is 4.68. The van der Waals surface area contributed by atoms with Crippen LogP contribution in [0.3, 0.4) is 0 Å². The summed E-state index contributed by atoms with van der Waals surface area (Å²) in [5, 5.41) is 3.49. The fourth-order valence-electron chi connectivity index (χ4n) is 2.29. The summed E-state index contributed by atoms with van der Waals surface area (Å²) < 4.78 is 14.2. The molecule has 1 unspecified atom stereocenters. The molecule has 0 saturated carbocycles. The van der Waals surface area contributed by atoms with E-state index in [1.54, 1.807) is 0 Å². The third-order valence-electron chi connectivity index (χ3n) is 3.20. The molecule has 0 saturated heterocycles. The lowest BCUT2D eigenvalue weighted by atomic mass is 10.0. The van der Waals surface area contributed by atoms with Gasteiger partial charge in [0.05, 0.1) is 11.1 Å². The second-order valence-electron chi connectivity index (χ2n) is 4.32. The van der Waals surface area contributed by atoms with Gasteiger partial charge in [-0.2, -0.15) is 0 Å². The van der Waals surface area contributed by atoms with Crippen LogP contribution in [-0.2, 0) is 6.42 Å². The van der Waals surface area contributed by atoms with Crippen molar-refractivity contribution in [2.75, 3.05) is 5.32 Å². The minimum Gasteiger partial charge on any atom is -0.378 e. The number of hydrogen-bond donors (Lipinski definition) is 1. The van der Waals surface area contributed by atoms with Crippen LogP contribution in [0.1, 0.15) is 17.2 Å². The summed E-state index contributed by atoms with van der Waals surface area (Å²) in [4.78, 5) is 0. The van der Waals surface area contributed by atoms with Gasteiger partial charge < -0.3 is 5.32 Å². The van der Waals surface area contributed by atoms with E-state index < -0.39 is 5.82 Å². The molecule has 0 aliphatic carbocycles. The molecule has 4 heteroatoms. The van der Waals surface area contributed by atoms with Crippen LogP contribution in [0, 0.1) is 5.82 Å². The van der Waals surface area contributed by atoms with Gasteiger partial charge in [-0.1, -0.05) is 41.9 Å². The molecule has 0 amide bonds. The Balaban J connectivity index is 1.99. The first-order valence-electron chi connectivity index (χ1n) is 5.64. The smallest absolute Gasteiger partial charge is 0.145 e. The Morgan fingerprint density at radius 3 is 2.72 bits per heavy atom. The van der Waals surface area contributed by atoms with E-state index in [0.717, 1.165) is 17.7 Å². The van der Waals surface area contributed by atoms with E-state index in [-0.39, 0.29) is 11.1 Å². The van der Waals surface area contributed by atoms with Gasteiger partial charge in [0.15, 0.2) is 0 Å². The normalized spacial score (nSPS) is 17.4. The zero-order chi connectivity index (χ0) is 12.7. The summed E-state index contributed by atoms with van der Waals surface area (Å²) >= 11 is 9.28.